The van der Waals surface area contributed by atoms with Gasteiger partial charge in [-0.1, -0.05) is 64.5 Å². The van der Waals surface area contributed by atoms with Gasteiger partial charge < -0.3 is 29.4 Å². The zero-order chi connectivity index (χ0) is 35.6. The predicted octanol–water partition coefficient (Wildman–Crippen LogP) is 2.27. The monoisotopic (exact) mass is 690 g/mol. The average Bonchev–Trinajstić information content (AvgIpc) is 3.68. The Morgan fingerprint density at radius 3 is 2.52 bits per heavy atom. The largest absolute Gasteiger partial charge is 0.460 e. The van der Waals surface area contributed by atoms with Crippen molar-refractivity contribution in [2.24, 2.45) is 11.8 Å². The van der Waals surface area contributed by atoms with E-state index in [1.807, 2.05) is 32.6 Å². The first-order valence-corrected chi connectivity index (χ1v) is 18.3. The number of aliphatic hydroxyl groups is 1. The summed E-state index contributed by atoms with van der Waals surface area (Å²) in [5.41, 5.74) is 0.505. The highest BCUT2D eigenvalue weighted by Crippen LogP contribution is 2.30. The Labute approximate surface area is 283 Å². The van der Waals surface area contributed by atoms with Crippen molar-refractivity contribution >= 4 is 33.4 Å². The maximum atomic E-state index is 14.0. The van der Waals surface area contributed by atoms with Crippen LogP contribution in [0.15, 0.2) is 46.6 Å². The minimum Gasteiger partial charge on any atom is -0.460 e. The van der Waals surface area contributed by atoms with Crippen LogP contribution in [0.3, 0.4) is 0 Å². The Morgan fingerprint density at radius 1 is 1.15 bits per heavy atom. The molecule has 2 N–H and O–H groups in total. The van der Waals surface area contributed by atoms with E-state index in [1.165, 1.54) is 12.2 Å². The molecule has 266 valence electrons. The minimum absolute atomic E-state index is 0.0243. The van der Waals surface area contributed by atoms with Crippen molar-refractivity contribution in [2.45, 2.75) is 84.3 Å². The molecule has 1 saturated heterocycles. The second-order valence-corrected chi connectivity index (χ2v) is 15.0. The number of sulfone groups is 1. The molecule has 2 aliphatic rings. The van der Waals surface area contributed by atoms with E-state index in [9.17, 15) is 32.7 Å². The highest BCUT2D eigenvalue weighted by atomic mass is 32.2. The summed E-state index contributed by atoms with van der Waals surface area (Å²) < 4.78 is 38.9. The van der Waals surface area contributed by atoms with Crippen molar-refractivity contribution in [1.82, 2.24) is 20.1 Å². The van der Waals surface area contributed by atoms with E-state index < -0.39 is 51.1 Å². The van der Waals surface area contributed by atoms with Gasteiger partial charge in [-0.25, -0.2) is 18.2 Å². The molecule has 0 saturated carbocycles. The van der Waals surface area contributed by atoms with Gasteiger partial charge in [0.2, 0.25) is 11.8 Å². The number of esters is 1. The lowest BCUT2D eigenvalue weighted by Crippen LogP contribution is -2.50. The van der Waals surface area contributed by atoms with Gasteiger partial charge in [-0.2, -0.15) is 0 Å². The van der Waals surface area contributed by atoms with Crippen LogP contribution in [0.5, 0.6) is 0 Å². The van der Waals surface area contributed by atoms with Crippen molar-refractivity contribution in [3.8, 4) is 0 Å². The van der Waals surface area contributed by atoms with Gasteiger partial charge in [0.15, 0.2) is 15.5 Å². The number of oxazole rings is 1. The molecule has 2 aliphatic heterocycles. The summed E-state index contributed by atoms with van der Waals surface area (Å²) in [6.45, 7) is 12.9. The van der Waals surface area contributed by atoms with Crippen LogP contribution < -0.4 is 5.32 Å². The Bertz CT molecular complexity index is 1490. The normalized spacial score (nSPS) is 28.1. The number of aromatic nitrogens is 1. The van der Waals surface area contributed by atoms with Gasteiger partial charge in [-0.05, 0) is 38.4 Å². The van der Waals surface area contributed by atoms with Gasteiger partial charge in [-0.15, -0.1) is 0 Å². The first-order valence-electron chi connectivity index (χ1n) is 16.6. The van der Waals surface area contributed by atoms with Crippen LogP contribution in [0.2, 0.25) is 0 Å². The standard InChI is InChI=1S/C34H50N4O9S/c1-7-37(8-2)16-17-48(44,45)28-13-15-38-31(28)34(43)47-32(22(3)4)24(6)11-12-29(41)35-14-9-10-23(5)18-25(39)19-26(40)20-30-36-27(21-46-30)33(38)42/h9-12,18,21-22,24-25,28,31-32,39H,7-8,13-17,19-20H2,1-6H3,(H,35,41)/b10-9+,12-11+,23-18+/t24-,25-,28-,31-,32?/m1/s1. The molecule has 0 aliphatic carbocycles. The summed E-state index contributed by atoms with van der Waals surface area (Å²) >= 11 is 0. The van der Waals surface area contributed by atoms with E-state index in [1.54, 1.807) is 32.1 Å². The van der Waals surface area contributed by atoms with Crippen molar-refractivity contribution in [1.29, 1.82) is 0 Å². The summed E-state index contributed by atoms with van der Waals surface area (Å²) in [6, 6.07) is -1.44. The molecule has 2 bridgehead atoms. The number of hydrogen-bond donors (Lipinski definition) is 2. The Hall–Kier alpha value is -3.62. The fourth-order valence-corrected chi connectivity index (χ4v) is 7.92. The van der Waals surface area contributed by atoms with Crippen molar-refractivity contribution < 1.29 is 41.9 Å². The molecular formula is C34H50N4O9S. The number of nitrogens with one attached hydrogen (secondary N) is 1. The molecule has 0 spiro atoms. The first-order chi connectivity index (χ1) is 22.7. The molecule has 0 aromatic carbocycles. The van der Waals surface area contributed by atoms with Gasteiger partial charge in [0.05, 0.1) is 23.5 Å². The summed E-state index contributed by atoms with van der Waals surface area (Å²) in [5.74, 6) is -3.23. The average molecular weight is 691 g/mol. The lowest BCUT2D eigenvalue weighted by molar-refractivity contribution is -0.157. The summed E-state index contributed by atoms with van der Waals surface area (Å²) in [4.78, 5) is 60.3. The molecule has 13 nitrogen and oxygen atoms in total. The van der Waals surface area contributed by atoms with Crippen LogP contribution in [-0.2, 0) is 35.4 Å². The zero-order valence-electron chi connectivity index (χ0n) is 28.8. The molecule has 1 fully saturated rings. The van der Waals surface area contributed by atoms with Gasteiger partial charge in [-0.3, -0.25) is 14.4 Å². The fourth-order valence-electron chi connectivity index (χ4n) is 5.99. The Morgan fingerprint density at radius 2 is 1.85 bits per heavy atom. The van der Waals surface area contributed by atoms with E-state index in [0.29, 0.717) is 18.7 Å². The second kappa shape index (κ2) is 17.7. The molecule has 3 heterocycles. The molecule has 5 atom stereocenters. The number of aliphatic hydroxyl groups excluding tert-OH is 1. The van der Waals surface area contributed by atoms with Gasteiger partial charge in [0, 0.05) is 32.0 Å². The number of rotatable bonds is 7. The number of ketones is 1. The SMILES string of the molecule is CCN(CC)CCS(=O)(=O)[C@@H]1CCN2C(=O)c3coc(n3)CC(=O)C[C@H](O)/C=C(C)/C=C/CNC(=O)/C=C/[C@@H](C)C(C(C)C)OC(=O)[C@@H]12. The maximum absolute atomic E-state index is 14.0. The smallest absolute Gasteiger partial charge is 0.330 e. The lowest BCUT2D eigenvalue weighted by atomic mass is 9.94. The lowest BCUT2D eigenvalue weighted by Gasteiger charge is -2.31. The van der Waals surface area contributed by atoms with Crippen LogP contribution in [0, 0.1) is 11.8 Å². The molecule has 2 amide bonds. The number of amides is 2. The minimum atomic E-state index is -3.87. The molecular weight excluding hydrogens is 640 g/mol. The maximum Gasteiger partial charge on any atom is 0.330 e. The van der Waals surface area contributed by atoms with Crippen molar-refractivity contribution in [2.75, 3.05) is 38.5 Å². The Kier molecular flexibility index (Phi) is 14.3. The number of cyclic esters (lactones) is 1. The fraction of sp³-hybridized carbons (Fsp3) is 0.618. The van der Waals surface area contributed by atoms with Crippen LogP contribution in [0.25, 0.3) is 0 Å². The van der Waals surface area contributed by atoms with Gasteiger partial charge in [0.25, 0.3) is 5.91 Å². The van der Waals surface area contributed by atoms with E-state index >= 15 is 0 Å². The number of hydrogen-bond acceptors (Lipinski definition) is 11. The summed E-state index contributed by atoms with van der Waals surface area (Å²) in [5, 5.41) is 11.9. The van der Waals surface area contributed by atoms with E-state index in [-0.39, 0.29) is 73.8 Å². The van der Waals surface area contributed by atoms with Gasteiger partial charge in [0.1, 0.15) is 24.2 Å². The quantitative estimate of drug-likeness (QED) is 0.402. The number of fused-ring (bicyclic) bond motifs is 3. The van der Waals surface area contributed by atoms with Crippen LogP contribution in [0.4, 0.5) is 0 Å². The highest BCUT2D eigenvalue weighted by molar-refractivity contribution is 7.92. The number of carbonyl (C=O) groups is 4. The van der Waals surface area contributed by atoms with Crippen LogP contribution >= 0.6 is 0 Å². The first kappa shape index (κ1) is 38.8. The Balaban J connectivity index is 2.00. The molecule has 1 aromatic rings. The number of carbonyl (C=O) groups excluding carboxylic acids is 4. The zero-order valence-corrected chi connectivity index (χ0v) is 29.6. The van der Waals surface area contributed by atoms with Crippen molar-refractivity contribution in [3.63, 3.8) is 0 Å². The number of ether oxygens (including phenoxy) is 1. The predicted molar refractivity (Wildman–Crippen MR) is 180 cm³/mol. The molecule has 1 unspecified atom stereocenters. The number of nitrogens with zero attached hydrogens (tertiary/aromatic N) is 3. The third-order valence-electron chi connectivity index (χ3n) is 8.66. The number of Topliss-reactive ketones (excluding diaryl/α,β-unsaturated/α-hetero) is 1. The molecule has 48 heavy (non-hydrogen) atoms. The molecule has 3 rings (SSSR count). The molecule has 14 heteroatoms. The summed E-state index contributed by atoms with van der Waals surface area (Å²) in [7, 11) is -3.87. The summed E-state index contributed by atoms with van der Waals surface area (Å²) in [6.07, 6.45) is 6.68. The van der Waals surface area contributed by atoms with E-state index in [4.69, 9.17) is 9.15 Å². The van der Waals surface area contributed by atoms with Crippen molar-refractivity contribution in [3.05, 3.63) is 53.8 Å². The highest BCUT2D eigenvalue weighted by Gasteiger charge is 2.50. The van der Waals surface area contributed by atoms with Crippen LogP contribution in [-0.4, -0.2) is 114 Å². The third kappa shape index (κ3) is 10.7. The molecule has 0 radical (unpaired) electrons. The molecule has 1 aromatic heterocycles. The number of allylic oxidation sites excluding steroid dienone is 2. The van der Waals surface area contributed by atoms with Gasteiger partial charge >= 0.3 is 5.97 Å². The topological polar surface area (TPSA) is 176 Å². The second-order valence-electron chi connectivity index (χ2n) is 12.7. The van der Waals surface area contributed by atoms with E-state index in [2.05, 4.69) is 10.3 Å². The van der Waals surface area contributed by atoms with Crippen LogP contribution in [0.1, 0.15) is 70.8 Å². The third-order valence-corrected chi connectivity index (χ3v) is 10.8. The van der Waals surface area contributed by atoms with E-state index in [0.717, 1.165) is 11.2 Å².